The lowest BCUT2D eigenvalue weighted by Crippen LogP contribution is -2.52. The number of thioether (sulfide) groups is 1. The molecule has 0 radical (unpaired) electrons. The Bertz CT molecular complexity index is 1270. The number of hydrogen-bond acceptors (Lipinski definition) is 4. The van der Waals surface area contributed by atoms with Gasteiger partial charge in [0.15, 0.2) is 5.76 Å². The topological polar surface area (TPSA) is 57.6 Å². The fourth-order valence-corrected chi connectivity index (χ4v) is 9.24. The molecule has 2 heterocycles. The average molecular weight is 528 g/mol. The van der Waals surface area contributed by atoms with Crippen LogP contribution in [0.5, 0.6) is 0 Å². The van der Waals surface area contributed by atoms with Crippen LogP contribution in [0, 0.1) is 29.1 Å². The molecule has 1 spiro atoms. The minimum Gasteiger partial charge on any atom is -0.504 e. The Labute approximate surface area is 229 Å². The number of piperidine rings is 1. The second-order valence-corrected chi connectivity index (χ2v) is 13.5. The smallest absolute Gasteiger partial charge is 0.254 e. The lowest BCUT2D eigenvalue weighted by molar-refractivity contribution is -0.133. The van der Waals surface area contributed by atoms with Crippen LogP contribution in [0.1, 0.15) is 62.0 Å². The molecule has 4 aliphatic carbocycles. The standard InChI is InChI=1S/C33H37NO3S/c35-27-16-15-23-18-33(23)26(19-34(32(37)30(33)31(27)36)17-7-1-2-8-21-13-14-21)29-24-10-4-3-9-22(24)20-38-28-12-6-5-11-25(28)29/h3-6,9-12,15-16,21,23,25-26,28-29,36H,1-2,7-8,13-14,17-20H2/t23?,25?,26?,28?,29-,33?/m0/s1. The Hall–Kier alpha value is -2.53. The van der Waals surface area contributed by atoms with Crippen molar-refractivity contribution >= 4 is 23.5 Å². The first-order chi connectivity index (χ1) is 18.6. The highest BCUT2D eigenvalue weighted by Crippen LogP contribution is 2.70. The van der Waals surface area contributed by atoms with E-state index in [1.165, 1.54) is 42.9 Å². The predicted molar refractivity (Wildman–Crippen MR) is 152 cm³/mol. The number of benzene rings is 1. The third kappa shape index (κ3) is 4.04. The van der Waals surface area contributed by atoms with Crippen molar-refractivity contribution in [2.75, 3.05) is 13.1 Å². The van der Waals surface area contributed by atoms with Crippen molar-refractivity contribution in [3.05, 3.63) is 83.2 Å². The summed E-state index contributed by atoms with van der Waals surface area (Å²) in [5, 5.41) is 11.6. The quantitative estimate of drug-likeness (QED) is 0.411. The van der Waals surface area contributed by atoms with E-state index in [9.17, 15) is 14.7 Å². The van der Waals surface area contributed by atoms with Crippen LogP contribution in [-0.4, -0.2) is 40.0 Å². The molecule has 5 unspecified atom stereocenters. The van der Waals surface area contributed by atoms with Crippen LogP contribution < -0.4 is 0 Å². The summed E-state index contributed by atoms with van der Waals surface area (Å²) in [5.41, 5.74) is 2.71. The molecule has 1 aromatic carbocycles. The van der Waals surface area contributed by atoms with E-state index in [-0.39, 0.29) is 29.4 Å². The molecule has 0 aromatic heterocycles. The zero-order chi connectivity index (χ0) is 25.9. The number of unbranched alkanes of at least 4 members (excludes halogenated alkanes) is 2. The van der Waals surface area contributed by atoms with Gasteiger partial charge in [-0.25, -0.2) is 0 Å². The summed E-state index contributed by atoms with van der Waals surface area (Å²) < 4.78 is 0. The molecule has 0 bridgehead atoms. The number of aliphatic hydroxyl groups is 1. The van der Waals surface area contributed by atoms with E-state index in [0.29, 0.717) is 29.8 Å². The van der Waals surface area contributed by atoms with Crippen LogP contribution in [0.2, 0.25) is 0 Å². The summed E-state index contributed by atoms with van der Waals surface area (Å²) in [6.07, 6.45) is 20.8. The minimum absolute atomic E-state index is 0.104. The van der Waals surface area contributed by atoms with Gasteiger partial charge in [0.05, 0.1) is 5.57 Å². The normalized spacial score (nSPS) is 35.3. The number of carbonyl (C=O) groups excluding carboxylic acids is 2. The Morgan fingerprint density at radius 3 is 2.74 bits per heavy atom. The zero-order valence-electron chi connectivity index (χ0n) is 21.9. The number of carbonyl (C=O) groups is 2. The summed E-state index contributed by atoms with van der Waals surface area (Å²) in [6.45, 7) is 1.40. The van der Waals surface area contributed by atoms with Gasteiger partial charge in [0.25, 0.3) is 5.91 Å². The number of amides is 1. The first-order valence-corrected chi connectivity index (χ1v) is 15.6. The van der Waals surface area contributed by atoms with Crippen molar-refractivity contribution < 1.29 is 14.7 Å². The van der Waals surface area contributed by atoms with Crippen LogP contribution >= 0.6 is 11.8 Å². The number of likely N-dealkylation sites (tertiary alicyclic amines) is 1. The van der Waals surface area contributed by atoms with E-state index >= 15 is 0 Å². The van der Waals surface area contributed by atoms with Gasteiger partial charge in [-0.3, -0.25) is 9.59 Å². The van der Waals surface area contributed by atoms with Crippen molar-refractivity contribution in [2.24, 2.45) is 29.1 Å². The fourth-order valence-electron chi connectivity index (χ4n) is 7.92. The maximum absolute atomic E-state index is 14.0. The second kappa shape index (κ2) is 9.59. The number of fused-ring (bicyclic) bond motifs is 2. The molecule has 6 aliphatic rings. The summed E-state index contributed by atoms with van der Waals surface area (Å²) in [6, 6.07) is 8.84. The van der Waals surface area contributed by atoms with Gasteiger partial charge < -0.3 is 10.0 Å². The van der Waals surface area contributed by atoms with Gasteiger partial charge in [0, 0.05) is 29.5 Å². The Kier molecular flexibility index (Phi) is 6.18. The third-order valence-electron chi connectivity index (χ3n) is 10.1. The van der Waals surface area contributed by atoms with Crippen LogP contribution in [0.15, 0.2) is 72.1 Å². The SMILES string of the molecule is O=C1C=CC2CC23C(=C1O)C(=O)N(CCCCCC1CC1)CC3[C@H]1c2ccccc2CSC2C=CC=CC21. The first-order valence-electron chi connectivity index (χ1n) is 14.6. The lowest BCUT2D eigenvalue weighted by atomic mass is 9.62. The molecular formula is C33H37NO3S. The number of ketones is 1. The fraction of sp³-hybridized carbons (Fsp3) is 0.515. The van der Waals surface area contributed by atoms with E-state index in [2.05, 4.69) is 48.6 Å². The molecule has 2 aliphatic heterocycles. The number of rotatable bonds is 7. The van der Waals surface area contributed by atoms with Gasteiger partial charge in [0.1, 0.15) is 0 Å². The van der Waals surface area contributed by atoms with Gasteiger partial charge in [-0.2, -0.15) is 0 Å². The highest BCUT2D eigenvalue weighted by Gasteiger charge is 2.68. The molecule has 3 fully saturated rings. The molecule has 6 atom stereocenters. The predicted octanol–water partition coefficient (Wildman–Crippen LogP) is 6.51. The van der Waals surface area contributed by atoms with Crippen LogP contribution in [-0.2, 0) is 15.3 Å². The van der Waals surface area contributed by atoms with Crippen molar-refractivity contribution in [3.8, 4) is 0 Å². The average Bonchev–Trinajstić information content (AvgIpc) is 3.85. The molecule has 1 amide bonds. The highest BCUT2D eigenvalue weighted by molar-refractivity contribution is 7.99. The Morgan fingerprint density at radius 1 is 1.03 bits per heavy atom. The summed E-state index contributed by atoms with van der Waals surface area (Å²) in [4.78, 5) is 28.8. The molecule has 1 N–H and O–H groups in total. The van der Waals surface area contributed by atoms with E-state index < -0.39 is 11.2 Å². The molecule has 198 valence electrons. The van der Waals surface area contributed by atoms with Gasteiger partial charge in [0.2, 0.25) is 5.78 Å². The van der Waals surface area contributed by atoms with Crippen LogP contribution in [0.4, 0.5) is 0 Å². The van der Waals surface area contributed by atoms with Gasteiger partial charge in [-0.1, -0.05) is 86.7 Å². The van der Waals surface area contributed by atoms with Crippen molar-refractivity contribution in [1.82, 2.24) is 4.90 Å². The highest BCUT2D eigenvalue weighted by atomic mass is 32.2. The Balaban J connectivity index is 1.28. The molecule has 1 saturated heterocycles. The van der Waals surface area contributed by atoms with E-state index in [0.717, 1.165) is 30.9 Å². The number of nitrogens with zero attached hydrogens (tertiary/aromatic N) is 1. The molecule has 7 rings (SSSR count). The first kappa shape index (κ1) is 24.5. The minimum atomic E-state index is -0.460. The zero-order valence-corrected chi connectivity index (χ0v) is 22.7. The molecule has 38 heavy (non-hydrogen) atoms. The lowest BCUT2D eigenvalue weighted by Gasteiger charge is -2.47. The molecule has 5 heteroatoms. The van der Waals surface area contributed by atoms with Crippen molar-refractivity contribution in [1.29, 1.82) is 0 Å². The number of allylic oxidation sites excluding steroid dienone is 5. The van der Waals surface area contributed by atoms with Gasteiger partial charge in [-0.05, 0) is 59.6 Å². The van der Waals surface area contributed by atoms with Crippen LogP contribution in [0.25, 0.3) is 0 Å². The van der Waals surface area contributed by atoms with E-state index in [1.807, 2.05) is 22.7 Å². The van der Waals surface area contributed by atoms with E-state index in [4.69, 9.17) is 0 Å². The summed E-state index contributed by atoms with van der Waals surface area (Å²) in [5.74, 6) is 1.90. The second-order valence-electron chi connectivity index (χ2n) is 12.3. The van der Waals surface area contributed by atoms with Gasteiger partial charge >= 0.3 is 0 Å². The Morgan fingerprint density at radius 2 is 1.87 bits per heavy atom. The largest absolute Gasteiger partial charge is 0.504 e. The molecular weight excluding hydrogens is 490 g/mol. The van der Waals surface area contributed by atoms with Crippen molar-refractivity contribution in [2.45, 2.75) is 61.9 Å². The molecule has 4 nitrogen and oxygen atoms in total. The number of hydrogen-bond donors (Lipinski definition) is 1. The third-order valence-corrected chi connectivity index (χ3v) is 11.4. The maximum Gasteiger partial charge on any atom is 0.254 e. The van der Waals surface area contributed by atoms with Gasteiger partial charge in [-0.15, -0.1) is 11.8 Å². The van der Waals surface area contributed by atoms with Crippen molar-refractivity contribution in [3.63, 3.8) is 0 Å². The molecule has 2 saturated carbocycles. The monoisotopic (exact) mass is 527 g/mol. The molecule has 1 aromatic rings. The van der Waals surface area contributed by atoms with Crippen LogP contribution in [0.3, 0.4) is 0 Å². The van der Waals surface area contributed by atoms with E-state index in [1.54, 1.807) is 0 Å². The summed E-state index contributed by atoms with van der Waals surface area (Å²) in [7, 11) is 0. The summed E-state index contributed by atoms with van der Waals surface area (Å²) >= 11 is 2.01. The maximum atomic E-state index is 14.0. The number of aliphatic hydroxyl groups excluding tert-OH is 1.